The molecule has 0 saturated carbocycles. The van der Waals surface area contributed by atoms with E-state index in [2.05, 4.69) is 5.32 Å². The number of methoxy groups -OCH3 is 1. The minimum absolute atomic E-state index is 0.00968. The lowest BCUT2D eigenvalue weighted by molar-refractivity contribution is -0.317. The fraction of sp³-hybridized carbons (Fsp3) is 0.946. The third-order valence-corrected chi connectivity index (χ3v) is 11.9. The lowest BCUT2D eigenvalue weighted by Crippen LogP contribution is -2.61. The van der Waals surface area contributed by atoms with Crippen LogP contribution < -0.4 is 5.32 Å². The van der Waals surface area contributed by atoms with Crippen LogP contribution in [0.1, 0.15) is 88.5 Å². The van der Waals surface area contributed by atoms with Crippen molar-refractivity contribution in [2.75, 3.05) is 27.3 Å². The molecule has 0 aliphatic carbocycles. The number of ether oxygens (including phenoxy) is 6. The Labute approximate surface area is 309 Å². The van der Waals surface area contributed by atoms with Crippen LogP contribution in [0.2, 0.25) is 0 Å². The van der Waals surface area contributed by atoms with E-state index in [1.165, 1.54) is 14.0 Å². The highest BCUT2D eigenvalue weighted by Gasteiger charge is 2.53. The number of aliphatic hydroxyl groups excluding tert-OH is 3. The quantitative estimate of drug-likeness (QED) is 0.151. The molecular formula is C37H68N2O13. The first-order valence-electron chi connectivity index (χ1n) is 18.8. The van der Waals surface area contributed by atoms with Crippen molar-refractivity contribution in [1.82, 2.24) is 10.2 Å². The number of nitrogens with zero attached hydrogens (tertiary/aromatic N) is 1. The van der Waals surface area contributed by atoms with Crippen LogP contribution in [-0.2, 0) is 38.0 Å². The van der Waals surface area contributed by atoms with E-state index in [1.54, 1.807) is 55.4 Å². The molecule has 3 aliphatic heterocycles. The zero-order chi connectivity index (χ0) is 39.5. The lowest BCUT2D eigenvalue weighted by atomic mass is 9.77. The maximum atomic E-state index is 14.1. The fourth-order valence-corrected chi connectivity index (χ4v) is 8.42. The predicted octanol–water partition coefficient (Wildman–Crippen LogP) is 0.943. The lowest BCUT2D eigenvalue weighted by Gasteiger charge is -2.48. The Bertz CT molecular complexity index is 1160. The van der Waals surface area contributed by atoms with Crippen molar-refractivity contribution in [3.8, 4) is 0 Å². The molecule has 3 fully saturated rings. The van der Waals surface area contributed by atoms with Gasteiger partial charge >= 0.3 is 5.97 Å². The highest BCUT2D eigenvalue weighted by molar-refractivity contribution is 5.73. The Morgan fingerprint density at radius 1 is 0.981 bits per heavy atom. The molecule has 0 aromatic heterocycles. The molecule has 18 atom stereocenters. The summed E-state index contributed by atoms with van der Waals surface area (Å²) in [5, 5.41) is 60.7. The third-order valence-electron chi connectivity index (χ3n) is 11.9. The summed E-state index contributed by atoms with van der Waals surface area (Å²) in [6.45, 7) is 17.6. The maximum Gasteiger partial charge on any atom is 0.311 e. The van der Waals surface area contributed by atoms with Gasteiger partial charge in [0, 0.05) is 31.5 Å². The molecule has 15 heteroatoms. The Kier molecular flexibility index (Phi) is 15.5. The van der Waals surface area contributed by atoms with Crippen LogP contribution in [0.15, 0.2) is 0 Å². The number of hydrogen-bond donors (Lipinski definition) is 6. The Morgan fingerprint density at radius 2 is 1.62 bits per heavy atom. The zero-order valence-electron chi connectivity index (χ0n) is 33.2. The molecule has 10 unspecified atom stereocenters. The molecule has 0 aromatic rings. The van der Waals surface area contributed by atoms with Crippen molar-refractivity contribution in [2.45, 2.75) is 173 Å². The van der Waals surface area contributed by atoms with Crippen LogP contribution in [-0.4, -0.2) is 154 Å². The number of rotatable bonds is 8. The van der Waals surface area contributed by atoms with E-state index in [-0.39, 0.29) is 25.4 Å². The standard InChI is InChI=1S/C37H68N2O13/c1-13-26-37(10,46)30(43)24(7)39(11)16-19(2)15-35(8,45)31(52-34-27(41)25(38-18-40)14-20(3)49-34)21(4)28(22(5)32(44)50-26)51-33-23(6)29(42)36(9,47-12)17-48-33/h18-31,33-34,41-43,45-46H,13-17H2,1-12H3,(H,38,40)/t19?,20?,21-,22+,23?,24+,25?,26+,27?,28-,29?,30?,31+,33?,34?,35+,36?,37+/m0/s1. The first-order chi connectivity index (χ1) is 24.1. The minimum atomic E-state index is -1.83. The molecule has 304 valence electrons. The fourth-order valence-electron chi connectivity index (χ4n) is 8.42. The van der Waals surface area contributed by atoms with Crippen LogP contribution in [0.3, 0.4) is 0 Å². The van der Waals surface area contributed by atoms with Gasteiger partial charge in [-0.1, -0.05) is 27.7 Å². The number of aliphatic hydroxyl groups is 5. The van der Waals surface area contributed by atoms with Crippen LogP contribution >= 0.6 is 0 Å². The molecule has 0 radical (unpaired) electrons. The molecule has 3 saturated heterocycles. The molecule has 3 aliphatic rings. The smallest absolute Gasteiger partial charge is 0.311 e. The molecule has 3 rings (SSSR count). The molecule has 1 amide bonds. The molecule has 3 heterocycles. The summed E-state index contributed by atoms with van der Waals surface area (Å²) >= 11 is 0. The highest BCUT2D eigenvalue weighted by Crippen LogP contribution is 2.40. The molecular weight excluding hydrogens is 680 g/mol. The van der Waals surface area contributed by atoms with E-state index < -0.39 is 108 Å². The molecule has 15 nitrogen and oxygen atoms in total. The van der Waals surface area contributed by atoms with Crippen molar-refractivity contribution in [3.63, 3.8) is 0 Å². The normalized spacial score (nSPS) is 49.3. The van der Waals surface area contributed by atoms with Gasteiger partial charge in [-0.3, -0.25) is 9.59 Å². The van der Waals surface area contributed by atoms with Crippen molar-refractivity contribution < 1.29 is 63.5 Å². The summed E-state index contributed by atoms with van der Waals surface area (Å²) in [5.74, 6) is -3.44. The van der Waals surface area contributed by atoms with Gasteiger partial charge in [-0.25, -0.2) is 0 Å². The average Bonchev–Trinajstić information content (AvgIpc) is 3.07. The number of likely N-dealkylation sites (N-methyl/N-ethyl adjacent to an activating group) is 1. The van der Waals surface area contributed by atoms with Gasteiger partial charge in [-0.15, -0.1) is 0 Å². The van der Waals surface area contributed by atoms with Gasteiger partial charge in [0.25, 0.3) is 0 Å². The monoisotopic (exact) mass is 748 g/mol. The van der Waals surface area contributed by atoms with Gasteiger partial charge in [-0.2, -0.15) is 0 Å². The van der Waals surface area contributed by atoms with Crippen LogP contribution in [0.4, 0.5) is 0 Å². The van der Waals surface area contributed by atoms with Gasteiger partial charge in [0.2, 0.25) is 6.41 Å². The highest BCUT2D eigenvalue weighted by atomic mass is 16.7. The van der Waals surface area contributed by atoms with Gasteiger partial charge in [0.05, 0.1) is 48.6 Å². The Hall–Kier alpha value is -1.50. The Morgan fingerprint density at radius 3 is 2.19 bits per heavy atom. The zero-order valence-corrected chi connectivity index (χ0v) is 33.2. The van der Waals surface area contributed by atoms with E-state index in [0.29, 0.717) is 19.4 Å². The van der Waals surface area contributed by atoms with Crippen molar-refractivity contribution in [2.24, 2.45) is 23.7 Å². The predicted molar refractivity (Wildman–Crippen MR) is 190 cm³/mol. The van der Waals surface area contributed by atoms with Crippen molar-refractivity contribution >= 4 is 12.4 Å². The number of nitrogens with one attached hydrogen (secondary N) is 1. The second-order valence-corrected chi connectivity index (χ2v) is 16.6. The SMILES string of the molecule is CC[C@H]1OC(=O)[C@H](C)[C@@H](OC2OCC(C)(OC)C(O)C2C)[C@H](C)[C@@H](OC2OC(C)CC(NC=O)C2O)[C@](C)(O)CC(C)CN(C)[C@H](C)C(O)[C@]1(C)O. The first kappa shape index (κ1) is 44.9. The Balaban J connectivity index is 2.16. The van der Waals surface area contributed by atoms with Crippen LogP contribution in [0.25, 0.3) is 0 Å². The number of carbonyl (C=O) groups is 2. The van der Waals surface area contributed by atoms with Crippen molar-refractivity contribution in [1.29, 1.82) is 0 Å². The van der Waals surface area contributed by atoms with Crippen molar-refractivity contribution in [3.05, 3.63) is 0 Å². The topological polar surface area (TPSA) is 206 Å². The van der Waals surface area contributed by atoms with Gasteiger partial charge in [-0.05, 0) is 73.8 Å². The summed E-state index contributed by atoms with van der Waals surface area (Å²) in [6, 6.07) is -1.24. The number of amides is 1. The summed E-state index contributed by atoms with van der Waals surface area (Å²) in [6.07, 6.45) is -8.41. The second-order valence-electron chi connectivity index (χ2n) is 16.6. The van der Waals surface area contributed by atoms with E-state index >= 15 is 0 Å². The van der Waals surface area contributed by atoms with E-state index in [4.69, 9.17) is 28.4 Å². The third kappa shape index (κ3) is 9.83. The number of hydrogen-bond acceptors (Lipinski definition) is 14. The van der Waals surface area contributed by atoms with Crippen LogP contribution in [0.5, 0.6) is 0 Å². The summed E-state index contributed by atoms with van der Waals surface area (Å²) < 4.78 is 37.0. The summed E-state index contributed by atoms with van der Waals surface area (Å²) in [5.41, 5.74) is -4.47. The molecule has 6 N–H and O–H groups in total. The number of esters is 1. The largest absolute Gasteiger partial charge is 0.459 e. The number of cyclic esters (lactones) is 1. The van der Waals surface area contributed by atoms with Gasteiger partial charge in [0.1, 0.15) is 29.5 Å². The van der Waals surface area contributed by atoms with Crippen LogP contribution in [0, 0.1) is 23.7 Å². The molecule has 0 bridgehead atoms. The van der Waals surface area contributed by atoms with Gasteiger partial charge in [0.15, 0.2) is 12.6 Å². The minimum Gasteiger partial charge on any atom is -0.459 e. The number of carbonyl (C=O) groups excluding carboxylic acids is 2. The average molecular weight is 749 g/mol. The maximum absolute atomic E-state index is 14.1. The summed E-state index contributed by atoms with van der Waals surface area (Å²) in [7, 11) is 3.29. The molecule has 0 spiro atoms. The van der Waals surface area contributed by atoms with E-state index in [0.717, 1.165) is 0 Å². The first-order valence-corrected chi connectivity index (χ1v) is 18.8. The van der Waals surface area contributed by atoms with Gasteiger partial charge < -0.3 is 64.2 Å². The molecule has 0 aromatic carbocycles. The molecule has 52 heavy (non-hydrogen) atoms. The van der Waals surface area contributed by atoms with E-state index in [1.807, 2.05) is 18.9 Å². The summed E-state index contributed by atoms with van der Waals surface area (Å²) in [4.78, 5) is 27.4. The van der Waals surface area contributed by atoms with E-state index in [9.17, 15) is 35.1 Å². The second kappa shape index (κ2) is 18.0.